The normalized spacial score (nSPS) is 11.2. The predicted molar refractivity (Wildman–Crippen MR) is 50.4 cm³/mol. The van der Waals surface area contributed by atoms with Crippen LogP contribution in [0.25, 0.3) is 0 Å². The fraction of sp³-hybridized carbons (Fsp3) is 0.857. The van der Waals surface area contributed by atoms with Gasteiger partial charge in [0.25, 0.3) is 0 Å². The third kappa shape index (κ3) is 6.06. The number of hydrogen-bond donors (Lipinski definition) is 2. The maximum absolute atomic E-state index is 5.28. The minimum absolute atomic E-state index is 0.0815. The van der Waals surface area contributed by atoms with Crippen LogP contribution in [0.15, 0.2) is 0 Å². The van der Waals surface area contributed by atoms with Crippen molar-refractivity contribution in [3.63, 3.8) is 0 Å². The minimum atomic E-state index is 0.0815. The SMILES string of the molecule is COCC(C)(C)CNC(N)=S. The van der Waals surface area contributed by atoms with Gasteiger partial charge < -0.3 is 15.8 Å². The topological polar surface area (TPSA) is 47.3 Å². The van der Waals surface area contributed by atoms with Gasteiger partial charge in [0.15, 0.2) is 5.11 Å². The number of hydrogen-bond acceptors (Lipinski definition) is 2. The first-order valence-electron chi connectivity index (χ1n) is 3.50. The molecule has 0 heterocycles. The molecule has 0 spiro atoms. The van der Waals surface area contributed by atoms with Crippen LogP contribution < -0.4 is 11.1 Å². The third-order valence-electron chi connectivity index (χ3n) is 1.28. The first-order valence-corrected chi connectivity index (χ1v) is 3.91. The second kappa shape index (κ2) is 4.51. The Hall–Kier alpha value is -0.350. The van der Waals surface area contributed by atoms with E-state index in [0.29, 0.717) is 11.7 Å². The molecule has 11 heavy (non-hydrogen) atoms. The van der Waals surface area contributed by atoms with Crippen LogP contribution in [0.1, 0.15) is 13.8 Å². The quantitative estimate of drug-likeness (QED) is 0.612. The van der Waals surface area contributed by atoms with Crippen molar-refractivity contribution in [3.8, 4) is 0 Å². The van der Waals surface area contributed by atoms with Gasteiger partial charge in [0.1, 0.15) is 0 Å². The zero-order chi connectivity index (χ0) is 8.91. The summed E-state index contributed by atoms with van der Waals surface area (Å²) in [6.07, 6.45) is 0. The summed E-state index contributed by atoms with van der Waals surface area (Å²) in [7, 11) is 1.68. The van der Waals surface area contributed by atoms with Gasteiger partial charge in [-0.3, -0.25) is 0 Å². The van der Waals surface area contributed by atoms with Crippen LogP contribution in [-0.2, 0) is 4.74 Å². The van der Waals surface area contributed by atoms with Crippen molar-refractivity contribution in [2.75, 3.05) is 20.3 Å². The lowest BCUT2D eigenvalue weighted by Crippen LogP contribution is -2.39. The highest BCUT2D eigenvalue weighted by Crippen LogP contribution is 2.12. The Labute approximate surface area is 73.3 Å². The zero-order valence-corrected chi connectivity index (χ0v) is 8.12. The van der Waals surface area contributed by atoms with Crippen molar-refractivity contribution >= 4 is 17.3 Å². The summed E-state index contributed by atoms with van der Waals surface area (Å²) in [5, 5.41) is 3.24. The molecule has 0 radical (unpaired) electrons. The van der Waals surface area contributed by atoms with Crippen molar-refractivity contribution in [1.29, 1.82) is 0 Å². The largest absolute Gasteiger partial charge is 0.384 e. The summed E-state index contributed by atoms with van der Waals surface area (Å²) in [5.74, 6) is 0. The molecule has 3 N–H and O–H groups in total. The lowest BCUT2D eigenvalue weighted by atomic mass is 9.95. The molecule has 3 nitrogen and oxygen atoms in total. The molecular weight excluding hydrogens is 160 g/mol. The van der Waals surface area contributed by atoms with Gasteiger partial charge in [0, 0.05) is 19.1 Å². The number of nitrogens with two attached hydrogens (primary N) is 1. The van der Waals surface area contributed by atoms with Gasteiger partial charge in [0.05, 0.1) is 6.61 Å². The lowest BCUT2D eigenvalue weighted by molar-refractivity contribution is 0.107. The molecule has 66 valence electrons. The molecule has 0 saturated carbocycles. The van der Waals surface area contributed by atoms with Crippen molar-refractivity contribution in [1.82, 2.24) is 5.32 Å². The molecule has 0 atom stereocenters. The van der Waals surface area contributed by atoms with Gasteiger partial charge >= 0.3 is 0 Å². The van der Waals surface area contributed by atoms with Crippen LogP contribution >= 0.6 is 12.2 Å². The summed E-state index contributed by atoms with van der Waals surface area (Å²) in [4.78, 5) is 0. The van der Waals surface area contributed by atoms with Crippen molar-refractivity contribution in [3.05, 3.63) is 0 Å². The summed E-state index contributed by atoms with van der Waals surface area (Å²) >= 11 is 4.67. The van der Waals surface area contributed by atoms with Gasteiger partial charge in [-0.2, -0.15) is 0 Å². The monoisotopic (exact) mass is 176 g/mol. The number of rotatable bonds is 4. The summed E-state index contributed by atoms with van der Waals surface area (Å²) in [6, 6.07) is 0. The van der Waals surface area contributed by atoms with Gasteiger partial charge in [0.2, 0.25) is 0 Å². The highest BCUT2D eigenvalue weighted by molar-refractivity contribution is 7.80. The number of thiocarbonyl (C=S) groups is 1. The molecule has 0 aliphatic rings. The second-order valence-corrected chi connectivity index (χ2v) is 3.75. The summed E-state index contributed by atoms with van der Waals surface area (Å²) in [6.45, 7) is 5.61. The van der Waals surface area contributed by atoms with Crippen LogP contribution in [0, 0.1) is 5.41 Å². The van der Waals surface area contributed by atoms with E-state index in [1.165, 1.54) is 0 Å². The Morgan fingerprint density at radius 2 is 2.18 bits per heavy atom. The maximum atomic E-state index is 5.28. The molecule has 0 unspecified atom stereocenters. The molecule has 4 heteroatoms. The Morgan fingerprint density at radius 3 is 2.55 bits per heavy atom. The summed E-state index contributed by atoms with van der Waals surface area (Å²) < 4.78 is 5.01. The molecule has 0 saturated heterocycles. The maximum Gasteiger partial charge on any atom is 0.163 e. The fourth-order valence-electron chi connectivity index (χ4n) is 0.768. The molecule has 0 rings (SSSR count). The van der Waals surface area contributed by atoms with E-state index in [-0.39, 0.29) is 5.41 Å². The van der Waals surface area contributed by atoms with Crippen LogP contribution in [0.5, 0.6) is 0 Å². The Bertz CT molecular complexity index is 136. The molecule has 0 aromatic rings. The number of nitrogens with one attached hydrogen (secondary N) is 1. The number of ether oxygens (including phenoxy) is 1. The molecule has 0 aliphatic carbocycles. The summed E-state index contributed by atoms with van der Waals surface area (Å²) in [5.41, 5.74) is 5.36. The standard InChI is InChI=1S/C7H16N2OS/c1-7(2,5-10-3)4-9-6(8)11/h4-5H2,1-3H3,(H3,8,9,11). The van der Waals surface area contributed by atoms with Crippen LogP contribution in [0.2, 0.25) is 0 Å². The minimum Gasteiger partial charge on any atom is -0.384 e. The van der Waals surface area contributed by atoms with E-state index in [9.17, 15) is 0 Å². The molecule has 0 aromatic heterocycles. The van der Waals surface area contributed by atoms with E-state index in [0.717, 1.165) is 6.54 Å². The predicted octanol–water partition coefficient (Wildman–Crippen LogP) is 0.492. The molecule has 0 bridgehead atoms. The molecular formula is C7H16N2OS. The third-order valence-corrected chi connectivity index (χ3v) is 1.42. The first kappa shape index (κ1) is 10.7. The smallest absolute Gasteiger partial charge is 0.163 e. The van der Waals surface area contributed by atoms with Gasteiger partial charge in [-0.1, -0.05) is 13.8 Å². The van der Waals surface area contributed by atoms with Crippen molar-refractivity contribution in [2.45, 2.75) is 13.8 Å². The average molecular weight is 176 g/mol. The lowest BCUT2D eigenvalue weighted by Gasteiger charge is -2.23. The highest BCUT2D eigenvalue weighted by Gasteiger charge is 2.16. The average Bonchev–Trinajstić information content (AvgIpc) is 1.84. The Kier molecular flexibility index (Phi) is 4.37. The van der Waals surface area contributed by atoms with Gasteiger partial charge in [-0.05, 0) is 12.2 Å². The van der Waals surface area contributed by atoms with E-state index < -0.39 is 0 Å². The molecule has 0 amide bonds. The molecule has 0 aromatic carbocycles. The number of methoxy groups -OCH3 is 1. The molecule has 0 aliphatic heterocycles. The van der Waals surface area contributed by atoms with Crippen LogP contribution in [-0.4, -0.2) is 25.4 Å². The zero-order valence-electron chi connectivity index (χ0n) is 7.31. The molecule has 0 fully saturated rings. The van der Waals surface area contributed by atoms with Crippen molar-refractivity contribution < 1.29 is 4.74 Å². The Balaban J connectivity index is 3.63. The van der Waals surface area contributed by atoms with Gasteiger partial charge in [-0.25, -0.2) is 0 Å². The van der Waals surface area contributed by atoms with Crippen LogP contribution in [0.4, 0.5) is 0 Å². The van der Waals surface area contributed by atoms with E-state index in [1.807, 2.05) is 0 Å². The first-order chi connectivity index (χ1) is 4.98. The Morgan fingerprint density at radius 1 is 1.64 bits per heavy atom. The second-order valence-electron chi connectivity index (χ2n) is 3.32. The van der Waals surface area contributed by atoms with Crippen LogP contribution in [0.3, 0.4) is 0 Å². The van der Waals surface area contributed by atoms with E-state index in [2.05, 4.69) is 31.4 Å². The van der Waals surface area contributed by atoms with E-state index in [1.54, 1.807) is 7.11 Å². The van der Waals surface area contributed by atoms with Gasteiger partial charge in [-0.15, -0.1) is 0 Å². The van der Waals surface area contributed by atoms with Crippen molar-refractivity contribution in [2.24, 2.45) is 11.1 Å². The van der Waals surface area contributed by atoms with E-state index in [4.69, 9.17) is 10.5 Å². The highest BCUT2D eigenvalue weighted by atomic mass is 32.1. The fourth-order valence-corrected chi connectivity index (χ4v) is 0.840. The van der Waals surface area contributed by atoms with E-state index >= 15 is 0 Å².